The number of rotatable bonds is 8. The number of amidine groups is 1. The summed E-state index contributed by atoms with van der Waals surface area (Å²) in [5.74, 6) is 0.327. The maximum Gasteiger partial charge on any atom is 0.573 e. The molecule has 1 aliphatic rings. The molecule has 0 aliphatic carbocycles. The Bertz CT molecular complexity index is 1630. The molecule has 0 fully saturated rings. The van der Waals surface area contributed by atoms with Gasteiger partial charge in [-0.05, 0) is 80.3 Å². The second-order valence-corrected chi connectivity index (χ2v) is 10.8. The van der Waals surface area contributed by atoms with Crippen molar-refractivity contribution in [2.45, 2.75) is 46.6 Å². The molecule has 1 N–H and O–H groups in total. The highest BCUT2D eigenvalue weighted by molar-refractivity contribution is 6.02. The Labute approximate surface area is 249 Å². The van der Waals surface area contributed by atoms with E-state index in [4.69, 9.17) is 5.10 Å². The second-order valence-electron chi connectivity index (χ2n) is 10.8. The molecule has 1 amide bonds. The van der Waals surface area contributed by atoms with E-state index in [1.165, 1.54) is 17.7 Å². The van der Waals surface area contributed by atoms with Gasteiger partial charge in [-0.3, -0.25) is 4.79 Å². The van der Waals surface area contributed by atoms with E-state index in [2.05, 4.69) is 60.8 Å². The van der Waals surface area contributed by atoms with Crippen LogP contribution in [-0.4, -0.2) is 35.7 Å². The van der Waals surface area contributed by atoms with Crippen molar-refractivity contribution in [1.82, 2.24) is 10.2 Å². The van der Waals surface area contributed by atoms with Crippen LogP contribution < -0.4 is 15.1 Å². The maximum atomic E-state index is 13.2. The van der Waals surface area contributed by atoms with Crippen LogP contribution in [0.3, 0.4) is 0 Å². The van der Waals surface area contributed by atoms with Crippen LogP contribution in [-0.2, 0) is 6.54 Å². The van der Waals surface area contributed by atoms with Gasteiger partial charge in [-0.15, -0.1) is 13.2 Å². The van der Waals surface area contributed by atoms with Crippen molar-refractivity contribution in [2.24, 2.45) is 5.10 Å². The molecule has 0 bridgehead atoms. The molecule has 0 spiro atoms. The lowest BCUT2D eigenvalue weighted by Gasteiger charge is -2.25. The number of hydrogen-bond acceptors (Lipinski definition) is 5. The van der Waals surface area contributed by atoms with E-state index >= 15 is 0 Å². The number of amides is 1. The number of alkyl halides is 3. The third kappa shape index (κ3) is 6.99. The van der Waals surface area contributed by atoms with Gasteiger partial charge in [-0.25, -0.2) is 5.01 Å². The van der Waals surface area contributed by atoms with Crippen LogP contribution >= 0.6 is 0 Å². The number of benzene rings is 4. The van der Waals surface area contributed by atoms with Gasteiger partial charge in [0.2, 0.25) is 0 Å². The summed E-state index contributed by atoms with van der Waals surface area (Å²) in [6.07, 6.45) is -4.74. The lowest BCUT2D eigenvalue weighted by atomic mass is 9.94. The highest BCUT2D eigenvalue weighted by Gasteiger charge is 2.31. The van der Waals surface area contributed by atoms with Gasteiger partial charge < -0.3 is 15.0 Å². The fourth-order valence-corrected chi connectivity index (χ4v) is 5.09. The van der Waals surface area contributed by atoms with Crippen molar-refractivity contribution in [3.8, 4) is 16.9 Å². The Hall–Kier alpha value is -4.79. The minimum atomic E-state index is -4.74. The summed E-state index contributed by atoms with van der Waals surface area (Å²) in [4.78, 5) is 15.4. The molecular weight excluding hydrogens is 553 g/mol. The van der Waals surface area contributed by atoms with Crippen LogP contribution in [0.4, 0.5) is 18.9 Å². The van der Waals surface area contributed by atoms with Crippen LogP contribution in [0.2, 0.25) is 0 Å². The fraction of sp³-hybridized carbons (Fsp3) is 0.235. The first kappa shape index (κ1) is 29.7. The zero-order valence-electron chi connectivity index (χ0n) is 24.4. The van der Waals surface area contributed by atoms with Crippen molar-refractivity contribution in [2.75, 3.05) is 11.7 Å². The Morgan fingerprint density at radius 1 is 0.930 bits per heavy atom. The van der Waals surface area contributed by atoms with E-state index in [1.54, 1.807) is 17.1 Å². The normalized spacial score (nSPS) is 13.3. The molecule has 6 nitrogen and oxygen atoms in total. The van der Waals surface area contributed by atoms with Crippen LogP contribution in [0.1, 0.15) is 46.5 Å². The molecule has 0 unspecified atom stereocenters. The maximum absolute atomic E-state index is 13.2. The zero-order valence-corrected chi connectivity index (χ0v) is 24.4. The van der Waals surface area contributed by atoms with Crippen LogP contribution in [0.25, 0.3) is 11.1 Å². The first-order valence-electron chi connectivity index (χ1n) is 14.0. The molecule has 0 radical (unpaired) electrons. The van der Waals surface area contributed by atoms with Crippen molar-refractivity contribution < 1.29 is 22.7 Å². The number of anilines is 1. The molecule has 9 heteroatoms. The van der Waals surface area contributed by atoms with Gasteiger partial charge in [0.05, 0.1) is 5.69 Å². The minimum absolute atomic E-state index is 0.132. The summed E-state index contributed by atoms with van der Waals surface area (Å²) < 4.78 is 41.6. The quantitative estimate of drug-likeness (QED) is 0.231. The number of carbonyl (C=O) groups excluding carboxylic acids is 1. The van der Waals surface area contributed by atoms with E-state index in [0.29, 0.717) is 24.5 Å². The van der Waals surface area contributed by atoms with Gasteiger partial charge in [0.15, 0.2) is 5.84 Å². The predicted molar refractivity (Wildman–Crippen MR) is 163 cm³/mol. The van der Waals surface area contributed by atoms with Crippen molar-refractivity contribution in [3.05, 3.63) is 119 Å². The van der Waals surface area contributed by atoms with Gasteiger partial charge in [-0.2, -0.15) is 5.10 Å². The molecule has 5 rings (SSSR count). The molecule has 4 aromatic carbocycles. The zero-order chi connectivity index (χ0) is 30.7. The largest absolute Gasteiger partial charge is 0.573 e. The summed E-state index contributed by atoms with van der Waals surface area (Å²) >= 11 is 0. The van der Waals surface area contributed by atoms with E-state index in [-0.39, 0.29) is 17.7 Å². The molecule has 0 aromatic heterocycles. The van der Waals surface area contributed by atoms with Crippen LogP contribution in [0.15, 0.2) is 96.1 Å². The second kappa shape index (κ2) is 12.2. The summed E-state index contributed by atoms with van der Waals surface area (Å²) in [5, 5.41) is 9.57. The number of aryl methyl sites for hydroxylation is 2. The SMILES string of the molecule is Cc1ccc(-c2ccccc2C(=O)NCc2ccc(C3=NN(c4ccc(OC(F)(F)F)cc4)CN3C(C)C)cc2)c(C)c1. The van der Waals surface area contributed by atoms with E-state index in [1.807, 2.05) is 48.5 Å². The molecular formula is C34H33F3N4O2. The molecule has 0 saturated carbocycles. The van der Waals surface area contributed by atoms with Crippen LogP contribution in [0.5, 0.6) is 5.75 Å². The summed E-state index contributed by atoms with van der Waals surface area (Å²) in [7, 11) is 0. The number of ether oxygens (including phenoxy) is 1. The van der Waals surface area contributed by atoms with Gasteiger partial charge in [-0.1, -0.05) is 66.2 Å². The molecule has 4 aromatic rings. The third-order valence-corrected chi connectivity index (χ3v) is 7.27. The monoisotopic (exact) mass is 586 g/mol. The molecule has 0 saturated heterocycles. The Balaban J connectivity index is 1.28. The van der Waals surface area contributed by atoms with E-state index in [0.717, 1.165) is 33.7 Å². The average Bonchev–Trinajstić information content (AvgIpc) is 3.42. The minimum Gasteiger partial charge on any atom is -0.406 e. The number of hydrazone groups is 1. The Morgan fingerprint density at radius 3 is 2.28 bits per heavy atom. The van der Waals surface area contributed by atoms with E-state index < -0.39 is 6.36 Å². The number of halogens is 3. The first-order valence-corrected chi connectivity index (χ1v) is 14.0. The number of nitrogens with one attached hydrogen (secondary N) is 1. The van der Waals surface area contributed by atoms with Gasteiger partial charge in [0, 0.05) is 23.7 Å². The first-order chi connectivity index (χ1) is 20.5. The lowest BCUT2D eigenvalue weighted by Crippen LogP contribution is -2.37. The standard InChI is InChI=1S/C34H33F3N4O2/c1-22(2)40-21-41(27-14-16-28(17-15-27)43-34(35,36)37)39-32(40)26-12-10-25(11-13-26)20-38-33(42)31-8-6-5-7-30(31)29-18-9-23(3)19-24(29)4/h5-19,22H,20-21H2,1-4H3,(H,38,42). The highest BCUT2D eigenvalue weighted by Crippen LogP contribution is 2.29. The van der Waals surface area contributed by atoms with Gasteiger partial charge in [0.1, 0.15) is 12.4 Å². The van der Waals surface area contributed by atoms with Crippen molar-refractivity contribution >= 4 is 17.4 Å². The van der Waals surface area contributed by atoms with Crippen molar-refractivity contribution in [1.29, 1.82) is 0 Å². The summed E-state index contributed by atoms with van der Waals surface area (Å²) in [6, 6.07) is 27.5. The lowest BCUT2D eigenvalue weighted by molar-refractivity contribution is -0.274. The molecule has 222 valence electrons. The smallest absolute Gasteiger partial charge is 0.406 e. The van der Waals surface area contributed by atoms with Gasteiger partial charge in [0.25, 0.3) is 5.91 Å². The Kier molecular flexibility index (Phi) is 8.43. The number of hydrogen-bond donors (Lipinski definition) is 1. The topological polar surface area (TPSA) is 57.2 Å². The molecule has 43 heavy (non-hydrogen) atoms. The van der Waals surface area contributed by atoms with Crippen LogP contribution in [0, 0.1) is 13.8 Å². The number of nitrogens with zero attached hydrogens (tertiary/aromatic N) is 3. The summed E-state index contributed by atoms with van der Waals surface area (Å²) in [5.41, 5.74) is 7.32. The highest BCUT2D eigenvalue weighted by atomic mass is 19.4. The molecule has 1 aliphatic heterocycles. The third-order valence-electron chi connectivity index (χ3n) is 7.27. The summed E-state index contributed by atoms with van der Waals surface area (Å²) in [6.45, 7) is 9.02. The predicted octanol–water partition coefficient (Wildman–Crippen LogP) is 7.65. The fourth-order valence-electron chi connectivity index (χ4n) is 5.09. The molecule has 0 atom stereocenters. The number of carbonyl (C=O) groups is 1. The Morgan fingerprint density at radius 2 is 1.63 bits per heavy atom. The molecule has 1 heterocycles. The average molecular weight is 587 g/mol. The van der Waals surface area contributed by atoms with E-state index in [9.17, 15) is 18.0 Å². The van der Waals surface area contributed by atoms with Gasteiger partial charge >= 0.3 is 6.36 Å². The van der Waals surface area contributed by atoms with Crippen molar-refractivity contribution in [3.63, 3.8) is 0 Å².